The fourth-order valence-corrected chi connectivity index (χ4v) is 2.69. The number of hydrogen-bond donors (Lipinski definition) is 3. The minimum Gasteiger partial charge on any atom is -0.383 e. The van der Waals surface area contributed by atoms with Gasteiger partial charge in [0.2, 0.25) is 0 Å². The van der Waals surface area contributed by atoms with Crippen molar-refractivity contribution < 1.29 is 4.74 Å². The summed E-state index contributed by atoms with van der Waals surface area (Å²) in [7, 11) is 1.64. The van der Waals surface area contributed by atoms with E-state index in [0.717, 1.165) is 11.3 Å². The summed E-state index contributed by atoms with van der Waals surface area (Å²) in [4.78, 5) is 4.29. The number of nitrogen functional groups attached to an aromatic ring is 1. The molecule has 0 fully saturated rings. The van der Waals surface area contributed by atoms with E-state index in [4.69, 9.17) is 16.2 Å². The van der Waals surface area contributed by atoms with Crippen LogP contribution in [0.3, 0.4) is 0 Å². The van der Waals surface area contributed by atoms with Crippen molar-refractivity contribution in [3.63, 3.8) is 0 Å². The smallest absolute Gasteiger partial charge is 0.188 e. The van der Waals surface area contributed by atoms with Gasteiger partial charge in [-0.05, 0) is 38.8 Å². The molecule has 2 aromatic rings. The minimum atomic E-state index is 0. The number of nitrogens with zero attached hydrogens (tertiary/aromatic N) is 4. The van der Waals surface area contributed by atoms with E-state index in [2.05, 4.69) is 21.5 Å². The van der Waals surface area contributed by atoms with Crippen molar-refractivity contribution in [1.82, 2.24) is 15.1 Å². The number of nitrogens with two attached hydrogens (primary N) is 2. The third-order valence-electron chi connectivity index (χ3n) is 4.05. The van der Waals surface area contributed by atoms with Crippen LogP contribution in [0.2, 0.25) is 0 Å². The zero-order chi connectivity index (χ0) is 19.8. The summed E-state index contributed by atoms with van der Waals surface area (Å²) < 4.78 is 6.65. The van der Waals surface area contributed by atoms with Gasteiger partial charge in [-0.25, -0.2) is 4.68 Å². The number of nitriles is 1. The Morgan fingerprint density at radius 1 is 1.39 bits per heavy atom. The highest BCUT2D eigenvalue weighted by molar-refractivity contribution is 14.0. The Hall–Kier alpha value is -2.32. The fourth-order valence-electron chi connectivity index (χ4n) is 2.69. The number of anilines is 1. The molecule has 5 N–H and O–H groups in total. The quantitative estimate of drug-likeness (QED) is 0.222. The monoisotopic (exact) mass is 497 g/mol. The molecule has 1 unspecified atom stereocenters. The predicted molar refractivity (Wildman–Crippen MR) is 122 cm³/mol. The maximum atomic E-state index is 9.45. The molecule has 0 bridgehead atoms. The highest BCUT2D eigenvalue weighted by atomic mass is 127. The van der Waals surface area contributed by atoms with Crippen LogP contribution in [0.1, 0.15) is 30.2 Å². The standard InChI is InChI=1S/C19H27N7O.HI/c1-13-6-8-15(9-7-13)26-18(21)16(11-20)17(25-26)5-4-10-23-19(22)24-14(2)12-27-3;/h6-9,14H,4-5,10,12,21H2,1-3H3,(H3,22,23,24);1H. The minimum absolute atomic E-state index is 0. The molecule has 0 spiro atoms. The predicted octanol–water partition coefficient (Wildman–Crippen LogP) is 2.12. The Labute approximate surface area is 183 Å². The van der Waals surface area contributed by atoms with Crippen molar-refractivity contribution >= 4 is 35.8 Å². The summed E-state index contributed by atoms with van der Waals surface area (Å²) in [6, 6.07) is 10.1. The van der Waals surface area contributed by atoms with Crippen molar-refractivity contribution in [1.29, 1.82) is 5.26 Å². The lowest BCUT2D eigenvalue weighted by Crippen LogP contribution is -2.40. The van der Waals surface area contributed by atoms with Crippen LogP contribution >= 0.6 is 24.0 Å². The first kappa shape index (κ1) is 23.7. The number of methoxy groups -OCH3 is 1. The SMILES string of the molecule is COCC(C)NC(N)=NCCCc1nn(-c2ccc(C)cc2)c(N)c1C#N.I. The van der Waals surface area contributed by atoms with Crippen LogP contribution in [0.5, 0.6) is 0 Å². The van der Waals surface area contributed by atoms with Crippen LogP contribution in [-0.4, -0.2) is 42.0 Å². The van der Waals surface area contributed by atoms with Crippen LogP contribution in [0.15, 0.2) is 29.3 Å². The van der Waals surface area contributed by atoms with E-state index in [1.807, 2.05) is 38.1 Å². The number of benzene rings is 1. The molecule has 2 rings (SSSR count). The lowest BCUT2D eigenvalue weighted by Gasteiger charge is -2.12. The van der Waals surface area contributed by atoms with E-state index in [1.165, 1.54) is 0 Å². The highest BCUT2D eigenvalue weighted by Crippen LogP contribution is 2.21. The van der Waals surface area contributed by atoms with Crippen LogP contribution < -0.4 is 16.8 Å². The van der Waals surface area contributed by atoms with Crippen molar-refractivity contribution in [2.45, 2.75) is 32.7 Å². The van der Waals surface area contributed by atoms with E-state index in [1.54, 1.807) is 11.8 Å². The average molecular weight is 497 g/mol. The van der Waals surface area contributed by atoms with Crippen molar-refractivity contribution in [2.24, 2.45) is 10.7 Å². The molecule has 1 aromatic heterocycles. The number of aromatic nitrogens is 2. The third kappa shape index (κ3) is 6.38. The van der Waals surface area contributed by atoms with Gasteiger partial charge >= 0.3 is 0 Å². The Morgan fingerprint density at radius 3 is 2.68 bits per heavy atom. The van der Waals surface area contributed by atoms with Gasteiger partial charge < -0.3 is 21.5 Å². The molecule has 1 heterocycles. The first-order chi connectivity index (χ1) is 13.0. The fraction of sp³-hybridized carbons (Fsp3) is 0.421. The van der Waals surface area contributed by atoms with Gasteiger partial charge in [-0.15, -0.1) is 24.0 Å². The molecular weight excluding hydrogens is 469 g/mol. The lowest BCUT2D eigenvalue weighted by molar-refractivity contribution is 0.179. The first-order valence-corrected chi connectivity index (χ1v) is 8.86. The summed E-state index contributed by atoms with van der Waals surface area (Å²) in [6.45, 7) is 5.06. The van der Waals surface area contributed by atoms with Gasteiger partial charge in [-0.3, -0.25) is 4.99 Å². The zero-order valence-electron chi connectivity index (χ0n) is 16.5. The number of nitrogens with one attached hydrogen (secondary N) is 1. The Kier molecular flexibility index (Phi) is 9.75. The summed E-state index contributed by atoms with van der Waals surface area (Å²) in [5, 5.41) is 17.0. The summed E-state index contributed by atoms with van der Waals surface area (Å²) in [6.07, 6.45) is 1.30. The molecule has 0 saturated heterocycles. The molecule has 9 heteroatoms. The number of rotatable bonds is 8. The molecular formula is C19H28IN7O. The normalized spacial score (nSPS) is 12.1. The summed E-state index contributed by atoms with van der Waals surface area (Å²) in [5.74, 6) is 0.735. The molecule has 8 nitrogen and oxygen atoms in total. The van der Waals surface area contributed by atoms with Crippen LogP contribution in [0, 0.1) is 18.3 Å². The second-order valence-corrected chi connectivity index (χ2v) is 6.44. The van der Waals surface area contributed by atoms with E-state index in [0.29, 0.717) is 49.0 Å². The Bertz CT molecular complexity index is 824. The molecule has 0 amide bonds. The van der Waals surface area contributed by atoms with Gasteiger partial charge in [0.25, 0.3) is 0 Å². The van der Waals surface area contributed by atoms with Gasteiger partial charge in [0, 0.05) is 19.7 Å². The number of aliphatic imine (C=N–C) groups is 1. The topological polar surface area (TPSA) is 127 Å². The molecule has 0 aliphatic heterocycles. The van der Waals surface area contributed by atoms with E-state index < -0.39 is 0 Å². The molecule has 0 saturated carbocycles. The van der Waals surface area contributed by atoms with Gasteiger partial charge in [0.05, 0.1) is 18.0 Å². The van der Waals surface area contributed by atoms with Crippen LogP contribution in [-0.2, 0) is 11.2 Å². The second-order valence-electron chi connectivity index (χ2n) is 6.44. The van der Waals surface area contributed by atoms with E-state index in [9.17, 15) is 5.26 Å². The zero-order valence-corrected chi connectivity index (χ0v) is 18.8. The number of aryl methyl sites for hydroxylation is 2. The van der Waals surface area contributed by atoms with Gasteiger partial charge in [-0.2, -0.15) is 10.4 Å². The summed E-state index contributed by atoms with van der Waals surface area (Å²) >= 11 is 0. The summed E-state index contributed by atoms with van der Waals surface area (Å²) in [5.41, 5.74) is 15.0. The van der Waals surface area contributed by atoms with Crippen LogP contribution in [0.4, 0.5) is 5.82 Å². The molecule has 0 radical (unpaired) electrons. The highest BCUT2D eigenvalue weighted by Gasteiger charge is 2.16. The third-order valence-corrected chi connectivity index (χ3v) is 4.05. The molecule has 1 atom stereocenters. The Balaban J connectivity index is 0.00000392. The van der Waals surface area contributed by atoms with Gasteiger partial charge in [0.1, 0.15) is 17.5 Å². The maximum absolute atomic E-state index is 9.45. The molecule has 152 valence electrons. The number of hydrogen-bond acceptors (Lipinski definition) is 5. The molecule has 28 heavy (non-hydrogen) atoms. The van der Waals surface area contributed by atoms with Crippen LogP contribution in [0.25, 0.3) is 5.69 Å². The number of guanidine groups is 1. The largest absolute Gasteiger partial charge is 0.383 e. The van der Waals surface area contributed by atoms with E-state index >= 15 is 0 Å². The van der Waals surface area contributed by atoms with Crippen molar-refractivity contribution in [3.8, 4) is 11.8 Å². The first-order valence-electron chi connectivity index (χ1n) is 8.86. The van der Waals surface area contributed by atoms with E-state index in [-0.39, 0.29) is 30.0 Å². The van der Waals surface area contributed by atoms with Gasteiger partial charge in [0.15, 0.2) is 5.96 Å². The number of ether oxygens (including phenoxy) is 1. The molecule has 0 aliphatic rings. The Morgan fingerprint density at radius 2 is 2.07 bits per heavy atom. The second kappa shape index (κ2) is 11.5. The lowest BCUT2D eigenvalue weighted by atomic mass is 10.1. The average Bonchev–Trinajstić information content (AvgIpc) is 2.95. The van der Waals surface area contributed by atoms with Crippen molar-refractivity contribution in [2.75, 3.05) is 26.0 Å². The number of halogens is 1. The van der Waals surface area contributed by atoms with Crippen molar-refractivity contribution in [3.05, 3.63) is 41.1 Å². The maximum Gasteiger partial charge on any atom is 0.188 e. The van der Waals surface area contributed by atoms with Gasteiger partial charge in [-0.1, -0.05) is 17.7 Å². The molecule has 1 aromatic carbocycles. The molecule has 0 aliphatic carbocycles.